The summed E-state index contributed by atoms with van der Waals surface area (Å²) >= 11 is 0. The van der Waals surface area contributed by atoms with Crippen LogP contribution in [0, 0.1) is 0 Å². The van der Waals surface area contributed by atoms with E-state index in [2.05, 4.69) is 47.9 Å². The van der Waals surface area contributed by atoms with Gasteiger partial charge in [0, 0.05) is 24.8 Å². The van der Waals surface area contributed by atoms with Gasteiger partial charge >= 0.3 is 0 Å². The largest absolute Gasteiger partial charge is 0.357 e. The van der Waals surface area contributed by atoms with Gasteiger partial charge in [0.1, 0.15) is 17.8 Å². The van der Waals surface area contributed by atoms with Gasteiger partial charge in [0.15, 0.2) is 0 Å². The summed E-state index contributed by atoms with van der Waals surface area (Å²) in [5.74, 6) is 0.938. The molecule has 0 atom stereocenters. The van der Waals surface area contributed by atoms with Crippen molar-refractivity contribution < 1.29 is 4.79 Å². The number of hydrogen-bond donors (Lipinski definition) is 1. The quantitative estimate of drug-likeness (QED) is 0.770. The monoisotopic (exact) mass is 340 g/mol. The Kier molecular flexibility index (Phi) is 6.92. The number of benzene rings is 1. The van der Waals surface area contributed by atoms with Crippen LogP contribution in [-0.4, -0.2) is 29.0 Å². The van der Waals surface area contributed by atoms with Crippen LogP contribution in [0.15, 0.2) is 36.7 Å². The zero-order valence-corrected chi connectivity index (χ0v) is 15.6. The molecule has 1 heterocycles. The van der Waals surface area contributed by atoms with Crippen molar-refractivity contribution in [3.63, 3.8) is 0 Å². The van der Waals surface area contributed by atoms with Crippen LogP contribution >= 0.6 is 0 Å². The summed E-state index contributed by atoms with van der Waals surface area (Å²) in [6.45, 7) is 10.3. The van der Waals surface area contributed by atoms with Crippen molar-refractivity contribution in [2.75, 3.05) is 23.3 Å². The first-order valence-electron chi connectivity index (χ1n) is 9.04. The lowest BCUT2D eigenvalue weighted by Crippen LogP contribution is -2.26. The van der Waals surface area contributed by atoms with Crippen LogP contribution < -0.4 is 10.2 Å². The van der Waals surface area contributed by atoms with Crippen LogP contribution in [-0.2, 0) is 0 Å². The van der Waals surface area contributed by atoms with Crippen molar-refractivity contribution in [3.05, 3.63) is 47.9 Å². The van der Waals surface area contributed by atoms with Gasteiger partial charge in [0.05, 0.1) is 0 Å². The van der Waals surface area contributed by atoms with Gasteiger partial charge in [-0.25, -0.2) is 9.97 Å². The topological polar surface area (TPSA) is 58.1 Å². The van der Waals surface area contributed by atoms with Crippen LogP contribution in [0.5, 0.6) is 0 Å². The predicted molar refractivity (Wildman–Crippen MR) is 103 cm³/mol. The number of amides is 1. The molecule has 0 aliphatic heterocycles. The van der Waals surface area contributed by atoms with E-state index >= 15 is 0 Å². The average molecular weight is 340 g/mol. The second-order valence-electron chi connectivity index (χ2n) is 6.44. The third-order valence-corrected chi connectivity index (χ3v) is 4.03. The van der Waals surface area contributed by atoms with Crippen LogP contribution in [0.25, 0.3) is 0 Å². The molecule has 0 aliphatic carbocycles. The third-order valence-electron chi connectivity index (χ3n) is 4.03. The lowest BCUT2D eigenvalue weighted by atomic mass is 10.0. The number of rotatable bonds is 8. The second-order valence-corrected chi connectivity index (χ2v) is 6.44. The Labute approximate surface area is 150 Å². The molecule has 0 radical (unpaired) electrons. The highest BCUT2D eigenvalue weighted by atomic mass is 16.1. The van der Waals surface area contributed by atoms with E-state index in [0.717, 1.165) is 43.0 Å². The molecule has 1 aromatic carbocycles. The molecule has 5 nitrogen and oxygen atoms in total. The van der Waals surface area contributed by atoms with E-state index < -0.39 is 0 Å². The van der Waals surface area contributed by atoms with Crippen molar-refractivity contribution in [1.29, 1.82) is 0 Å². The number of nitrogens with zero attached hydrogens (tertiary/aromatic N) is 3. The van der Waals surface area contributed by atoms with E-state index in [0.29, 0.717) is 11.6 Å². The molecule has 0 saturated heterocycles. The molecule has 5 heteroatoms. The SMILES string of the molecule is CCCN(CCC)c1cc(C(=O)Nc2ccccc2C(C)C)ncn1. The number of hydrogen-bond acceptors (Lipinski definition) is 4. The summed E-state index contributed by atoms with van der Waals surface area (Å²) in [4.78, 5) is 23.4. The Hall–Kier alpha value is -2.43. The van der Waals surface area contributed by atoms with Crippen LogP contribution in [0.2, 0.25) is 0 Å². The van der Waals surface area contributed by atoms with Crippen LogP contribution in [0.3, 0.4) is 0 Å². The first kappa shape index (κ1) is 18.9. The molecule has 1 N–H and O–H groups in total. The van der Waals surface area contributed by atoms with Crippen LogP contribution in [0.4, 0.5) is 11.5 Å². The molecule has 0 bridgehead atoms. The Balaban J connectivity index is 2.21. The van der Waals surface area contributed by atoms with Gasteiger partial charge in [0.25, 0.3) is 5.91 Å². The minimum absolute atomic E-state index is 0.204. The number of carbonyl (C=O) groups is 1. The maximum atomic E-state index is 12.7. The fourth-order valence-corrected chi connectivity index (χ4v) is 2.83. The summed E-state index contributed by atoms with van der Waals surface area (Å²) in [6.07, 6.45) is 3.54. The van der Waals surface area contributed by atoms with Crippen molar-refractivity contribution in [2.45, 2.75) is 46.5 Å². The standard InChI is InChI=1S/C20H28N4O/c1-5-11-24(12-6-2)19-13-18(21-14-22-19)20(25)23-17-10-8-7-9-16(17)15(3)4/h7-10,13-15H,5-6,11-12H2,1-4H3,(H,23,25). The van der Waals surface area contributed by atoms with Crippen molar-refractivity contribution in [2.24, 2.45) is 0 Å². The summed E-state index contributed by atoms with van der Waals surface area (Å²) in [7, 11) is 0. The van der Waals surface area contributed by atoms with Crippen molar-refractivity contribution >= 4 is 17.4 Å². The molecule has 1 amide bonds. The molecule has 0 aliphatic rings. The van der Waals surface area contributed by atoms with Gasteiger partial charge in [-0.1, -0.05) is 45.9 Å². The first-order valence-corrected chi connectivity index (χ1v) is 9.04. The molecule has 2 aromatic rings. The lowest BCUT2D eigenvalue weighted by Gasteiger charge is -2.22. The highest BCUT2D eigenvalue weighted by Crippen LogP contribution is 2.24. The second kappa shape index (κ2) is 9.16. The zero-order valence-electron chi connectivity index (χ0n) is 15.6. The van der Waals surface area contributed by atoms with E-state index in [9.17, 15) is 4.79 Å². The maximum Gasteiger partial charge on any atom is 0.274 e. The fourth-order valence-electron chi connectivity index (χ4n) is 2.83. The van der Waals surface area contributed by atoms with Crippen molar-refractivity contribution in [1.82, 2.24) is 9.97 Å². The van der Waals surface area contributed by atoms with E-state index in [1.165, 1.54) is 6.33 Å². The molecule has 0 spiro atoms. The normalized spacial score (nSPS) is 10.8. The molecule has 2 rings (SSSR count). The zero-order chi connectivity index (χ0) is 18.2. The molecule has 1 aromatic heterocycles. The molecule has 25 heavy (non-hydrogen) atoms. The van der Waals surface area contributed by atoms with E-state index in [4.69, 9.17) is 0 Å². The Morgan fingerprint density at radius 3 is 2.44 bits per heavy atom. The molecular weight excluding hydrogens is 312 g/mol. The smallest absolute Gasteiger partial charge is 0.274 e. The number of nitrogens with one attached hydrogen (secondary N) is 1. The van der Waals surface area contributed by atoms with E-state index in [-0.39, 0.29) is 5.91 Å². The Bertz CT molecular complexity index is 694. The minimum Gasteiger partial charge on any atom is -0.357 e. The van der Waals surface area contributed by atoms with Gasteiger partial charge in [-0.3, -0.25) is 4.79 Å². The highest BCUT2D eigenvalue weighted by Gasteiger charge is 2.14. The van der Waals surface area contributed by atoms with Gasteiger partial charge in [0.2, 0.25) is 0 Å². The Morgan fingerprint density at radius 1 is 1.12 bits per heavy atom. The average Bonchev–Trinajstić information content (AvgIpc) is 2.62. The van der Waals surface area contributed by atoms with Crippen molar-refractivity contribution in [3.8, 4) is 0 Å². The van der Waals surface area contributed by atoms with Gasteiger partial charge in [-0.2, -0.15) is 0 Å². The Morgan fingerprint density at radius 2 is 1.80 bits per heavy atom. The molecule has 0 fully saturated rings. The third kappa shape index (κ3) is 5.02. The number of anilines is 2. The van der Waals surface area contributed by atoms with E-state index in [1.54, 1.807) is 6.07 Å². The number of carbonyl (C=O) groups excluding carboxylic acids is 1. The maximum absolute atomic E-state index is 12.7. The predicted octanol–water partition coefficient (Wildman–Crippen LogP) is 4.48. The number of aromatic nitrogens is 2. The highest BCUT2D eigenvalue weighted by molar-refractivity contribution is 6.03. The number of para-hydroxylation sites is 1. The summed E-state index contributed by atoms with van der Waals surface area (Å²) in [5.41, 5.74) is 2.34. The molecule has 0 saturated carbocycles. The summed E-state index contributed by atoms with van der Waals surface area (Å²) in [5, 5.41) is 2.99. The molecule has 0 unspecified atom stereocenters. The lowest BCUT2D eigenvalue weighted by molar-refractivity contribution is 0.102. The first-order chi connectivity index (χ1) is 12.1. The van der Waals surface area contributed by atoms with Gasteiger partial charge in [-0.05, 0) is 30.4 Å². The fraction of sp³-hybridized carbons (Fsp3) is 0.450. The van der Waals surface area contributed by atoms with Gasteiger partial charge in [-0.15, -0.1) is 0 Å². The van der Waals surface area contributed by atoms with Crippen LogP contribution in [0.1, 0.15) is 62.5 Å². The molecular formula is C20H28N4O. The summed E-state index contributed by atoms with van der Waals surface area (Å²) in [6, 6.07) is 9.66. The minimum atomic E-state index is -0.204. The van der Waals surface area contributed by atoms with E-state index in [1.807, 2.05) is 24.3 Å². The van der Waals surface area contributed by atoms with Gasteiger partial charge < -0.3 is 10.2 Å². The summed E-state index contributed by atoms with van der Waals surface area (Å²) < 4.78 is 0. The molecule has 134 valence electrons.